The molecule has 0 saturated heterocycles. The van der Waals surface area contributed by atoms with E-state index >= 15 is 0 Å². The Bertz CT molecular complexity index is 886. The fraction of sp³-hybridized carbons (Fsp3) is 0.353. The number of pyridine rings is 1. The van der Waals surface area contributed by atoms with Crippen LogP contribution in [-0.4, -0.2) is 37.3 Å². The van der Waals surface area contributed by atoms with Gasteiger partial charge in [-0.15, -0.1) is 0 Å². The first kappa shape index (κ1) is 15.5. The van der Waals surface area contributed by atoms with E-state index in [1.54, 1.807) is 17.1 Å². The lowest BCUT2D eigenvalue weighted by Crippen LogP contribution is -2.44. The summed E-state index contributed by atoms with van der Waals surface area (Å²) in [5.74, 6) is 0.728. The SMILES string of the molecule is Cn1cc(O[C@@H]2CCC[C@@H]2NC(=O)Nc2ccn3ccnc3c2)cn1. The van der Waals surface area contributed by atoms with Gasteiger partial charge in [-0.2, -0.15) is 5.10 Å². The zero-order chi connectivity index (χ0) is 17.2. The minimum atomic E-state index is -0.234. The van der Waals surface area contributed by atoms with Crippen LogP contribution in [0.5, 0.6) is 5.75 Å². The third-order valence-corrected chi connectivity index (χ3v) is 4.39. The van der Waals surface area contributed by atoms with Gasteiger partial charge in [-0.25, -0.2) is 9.78 Å². The van der Waals surface area contributed by atoms with Gasteiger partial charge in [-0.05, 0) is 25.3 Å². The Balaban J connectivity index is 1.37. The second kappa shape index (κ2) is 6.46. The second-order valence-corrected chi connectivity index (χ2v) is 6.25. The van der Waals surface area contributed by atoms with E-state index in [9.17, 15) is 4.79 Å². The number of carbonyl (C=O) groups is 1. The summed E-state index contributed by atoms with van der Waals surface area (Å²) in [5, 5.41) is 9.99. The summed E-state index contributed by atoms with van der Waals surface area (Å²) in [6.45, 7) is 0. The van der Waals surface area contributed by atoms with Gasteiger partial charge >= 0.3 is 6.03 Å². The van der Waals surface area contributed by atoms with Gasteiger partial charge in [0.1, 0.15) is 11.8 Å². The Morgan fingerprint density at radius 1 is 1.36 bits per heavy atom. The number of fused-ring (bicyclic) bond motifs is 1. The summed E-state index contributed by atoms with van der Waals surface area (Å²) < 4.78 is 9.55. The Morgan fingerprint density at radius 2 is 2.28 bits per heavy atom. The van der Waals surface area contributed by atoms with Crippen molar-refractivity contribution in [1.29, 1.82) is 0 Å². The zero-order valence-electron chi connectivity index (χ0n) is 13.9. The van der Waals surface area contributed by atoms with E-state index in [1.165, 1.54) is 0 Å². The van der Waals surface area contributed by atoms with E-state index in [4.69, 9.17) is 4.74 Å². The molecule has 1 fully saturated rings. The third kappa shape index (κ3) is 3.42. The van der Waals surface area contributed by atoms with Crippen LogP contribution in [-0.2, 0) is 7.05 Å². The van der Waals surface area contributed by atoms with Crippen molar-refractivity contribution < 1.29 is 9.53 Å². The van der Waals surface area contributed by atoms with Crippen LogP contribution in [0.2, 0.25) is 0 Å². The molecule has 8 nitrogen and oxygen atoms in total. The van der Waals surface area contributed by atoms with Crippen LogP contribution in [0.1, 0.15) is 19.3 Å². The van der Waals surface area contributed by atoms with Crippen LogP contribution in [0, 0.1) is 0 Å². The molecule has 2 atom stereocenters. The highest BCUT2D eigenvalue weighted by Gasteiger charge is 2.30. The molecule has 3 aromatic rings. The normalized spacial score (nSPS) is 19.9. The molecule has 1 saturated carbocycles. The number of nitrogens with one attached hydrogen (secondary N) is 2. The molecule has 1 aliphatic carbocycles. The number of rotatable bonds is 4. The standard InChI is InChI=1S/C17H20N6O2/c1-22-11-13(10-19-22)25-15-4-2-3-14(15)21-17(24)20-12-5-7-23-8-6-18-16(23)9-12/h5-11,14-15H,2-4H2,1H3,(H2,20,21,24)/t14-,15+/m0/s1. The van der Waals surface area contributed by atoms with Crippen molar-refractivity contribution in [3.8, 4) is 5.75 Å². The van der Waals surface area contributed by atoms with E-state index in [-0.39, 0.29) is 18.2 Å². The molecule has 4 rings (SSSR count). The van der Waals surface area contributed by atoms with Gasteiger partial charge in [0.2, 0.25) is 0 Å². The van der Waals surface area contributed by atoms with Gasteiger partial charge in [0.05, 0.1) is 18.4 Å². The maximum absolute atomic E-state index is 12.3. The quantitative estimate of drug-likeness (QED) is 0.762. The number of amides is 2. The maximum atomic E-state index is 12.3. The Hall–Kier alpha value is -3.03. The molecule has 0 radical (unpaired) electrons. The van der Waals surface area contributed by atoms with Gasteiger partial charge in [-0.3, -0.25) is 4.68 Å². The van der Waals surface area contributed by atoms with Crippen molar-refractivity contribution >= 4 is 17.4 Å². The number of aryl methyl sites for hydroxylation is 1. The van der Waals surface area contributed by atoms with E-state index < -0.39 is 0 Å². The lowest BCUT2D eigenvalue weighted by Gasteiger charge is -2.21. The van der Waals surface area contributed by atoms with Gasteiger partial charge in [0.15, 0.2) is 5.75 Å². The van der Waals surface area contributed by atoms with Crippen molar-refractivity contribution in [2.75, 3.05) is 5.32 Å². The predicted octanol–water partition coefficient (Wildman–Crippen LogP) is 2.19. The number of imidazole rings is 1. The molecule has 0 spiro atoms. The fourth-order valence-corrected chi connectivity index (χ4v) is 3.19. The number of ether oxygens (including phenoxy) is 1. The van der Waals surface area contributed by atoms with E-state index in [0.29, 0.717) is 5.69 Å². The molecule has 130 valence electrons. The molecule has 3 aromatic heterocycles. The first-order chi connectivity index (χ1) is 12.2. The molecule has 8 heteroatoms. The number of anilines is 1. The average Bonchev–Trinajstić information content (AvgIpc) is 3.30. The van der Waals surface area contributed by atoms with Crippen molar-refractivity contribution in [2.24, 2.45) is 7.05 Å². The number of aromatic nitrogens is 4. The molecule has 0 unspecified atom stereocenters. The van der Waals surface area contributed by atoms with Gasteiger partial charge in [0.25, 0.3) is 0 Å². The molecule has 3 heterocycles. The van der Waals surface area contributed by atoms with Gasteiger partial charge in [-0.1, -0.05) is 0 Å². The molecule has 0 aliphatic heterocycles. The van der Waals surface area contributed by atoms with E-state index in [0.717, 1.165) is 30.7 Å². The lowest BCUT2D eigenvalue weighted by molar-refractivity contribution is 0.175. The Labute approximate surface area is 144 Å². The molecule has 25 heavy (non-hydrogen) atoms. The summed E-state index contributed by atoms with van der Waals surface area (Å²) in [4.78, 5) is 16.5. The van der Waals surface area contributed by atoms with Crippen LogP contribution < -0.4 is 15.4 Å². The number of urea groups is 1. The Morgan fingerprint density at radius 3 is 3.12 bits per heavy atom. The summed E-state index contributed by atoms with van der Waals surface area (Å²) in [7, 11) is 1.85. The molecule has 1 aliphatic rings. The van der Waals surface area contributed by atoms with Crippen molar-refractivity contribution in [3.63, 3.8) is 0 Å². The number of hydrogen-bond donors (Lipinski definition) is 2. The highest BCUT2D eigenvalue weighted by molar-refractivity contribution is 5.90. The first-order valence-corrected chi connectivity index (χ1v) is 8.33. The van der Waals surface area contributed by atoms with Gasteiger partial charge < -0.3 is 19.8 Å². The van der Waals surface area contributed by atoms with Crippen LogP contribution in [0.3, 0.4) is 0 Å². The molecular weight excluding hydrogens is 320 g/mol. The topological polar surface area (TPSA) is 85.5 Å². The van der Waals surface area contributed by atoms with Gasteiger partial charge in [0, 0.05) is 37.4 Å². The minimum Gasteiger partial charge on any atom is -0.485 e. The monoisotopic (exact) mass is 340 g/mol. The molecular formula is C17H20N6O2. The summed E-state index contributed by atoms with van der Waals surface area (Å²) in [5.41, 5.74) is 1.50. The Kier molecular flexibility index (Phi) is 4.01. The van der Waals surface area contributed by atoms with E-state index in [2.05, 4.69) is 20.7 Å². The highest BCUT2D eigenvalue weighted by atomic mass is 16.5. The van der Waals surface area contributed by atoms with Crippen molar-refractivity contribution in [2.45, 2.75) is 31.4 Å². The summed E-state index contributed by atoms with van der Waals surface area (Å²) >= 11 is 0. The first-order valence-electron chi connectivity index (χ1n) is 8.33. The smallest absolute Gasteiger partial charge is 0.319 e. The number of hydrogen-bond acceptors (Lipinski definition) is 4. The largest absolute Gasteiger partial charge is 0.485 e. The van der Waals surface area contributed by atoms with Crippen LogP contribution in [0.4, 0.5) is 10.5 Å². The third-order valence-electron chi connectivity index (χ3n) is 4.39. The highest BCUT2D eigenvalue weighted by Crippen LogP contribution is 2.24. The zero-order valence-corrected chi connectivity index (χ0v) is 13.9. The van der Waals surface area contributed by atoms with Crippen molar-refractivity contribution in [3.05, 3.63) is 43.1 Å². The molecule has 2 N–H and O–H groups in total. The average molecular weight is 340 g/mol. The molecule has 2 amide bonds. The predicted molar refractivity (Wildman–Crippen MR) is 92.6 cm³/mol. The minimum absolute atomic E-state index is 0.0182. The number of nitrogens with zero attached hydrogens (tertiary/aromatic N) is 4. The lowest BCUT2D eigenvalue weighted by atomic mass is 10.2. The maximum Gasteiger partial charge on any atom is 0.319 e. The molecule has 0 aromatic carbocycles. The van der Waals surface area contributed by atoms with Crippen LogP contribution >= 0.6 is 0 Å². The summed E-state index contributed by atoms with van der Waals surface area (Å²) in [6.07, 6.45) is 11.8. The van der Waals surface area contributed by atoms with E-state index in [1.807, 2.05) is 42.2 Å². The number of carbonyl (C=O) groups excluding carboxylic acids is 1. The van der Waals surface area contributed by atoms with Crippen LogP contribution in [0.25, 0.3) is 5.65 Å². The van der Waals surface area contributed by atoms with Crippen molar-refractivity contribution in [1.82, 2.24) is 24.5 Å². The second-order valence-electron chi connectivity index (χ2n) is 6.25. The van der Waals surface area contributed by atoms with Crippen LogP contribution in [0.15, 0.2) is 43.1 Å². The molecule has 0 bridgehead atoms. The summed E-state index contributed by atoms with van der Waals surface area (Å²) in [6, 6.07) is 3.42. The fourth-order valence-electron chi connectivity index (χ4n) is 3.19.